The van der Waals surface area contributed by atoms with Crippen molar-refractivity contribution in [3.63, 3.8) is 0 Å². The first-order valence-electron chi connectivity index (χ1n) is 6.49. The zero-order valence-electron chi connectivity index (χ0n) is 11.0. The molecule has 0 radical (unpaired) electrons. The first-order chi connectivity index (χ1) is 9.79. The summed E-state index contributed by atoms with van der Waals surface area (Å²) in [6, 6.07) is 22.3. The molecule has 0 aliphatic heterocycles. The molecule has 20 heavy (non-hydrogen) atoms. The Morgan fingerprint density at radius 3 is 1.80 bits per heavy atom. The van der Waals surface area contributed by atoms with Crippen LogP contribution in [0, 0.1) is 11.3 Å². The van der Waals surface area contributed by atoms with Crippen molar-refractivity contribution < 1.29 is 0 Å². The molecule has 2 N–H and O–H groups in total. The fraction of sp³-hybridized carbons (Fsp3) is 0.0556. The van der Waals surface area contributed by atoms with Gasteiger partial charge >= 0.3 is 0 Å². The minimum Gasteiger partial charge on any atom is -0.398 e. The maximum atomic E-state index is 9.57. The lowest BCUT2D eigenvalue weighted by molar-refractivity contribution is 0.791. The van der Waals surface area contributed by atoms with E-state index in [0.29, 0.717) is 11.3 Å². The van der Waals surface area contributed by atoms with Crippen LogP contribution >= 0.6 is 0 Å². The zero-order chi connectivity index (χ0) is 14.0. The summed E-state index contributed by atoms with van der Waals surface area (Å²) in [5.41, 5.74) is 8.69. The van der Waals surface area contributed by atoms with Crippen LogP contribution in [0.2, 0.25) is 0 Å². The second-order valence-corrected chi connectivity index (χ2v) is 4.82. The molecule has 0 amide bonds. The van der Waals surface area contributed by atoms with E-state index in [1.807, 2.05) is 72.8 Å². The van der Waals surface area contributed by atoms with Gasteiger partial charge in [0, 0.05) is 5.70 Å². The van der Waals surface area contributed by atoms with E-state index in [-0.39, 0.29) is 0 Å². The van der Waals surface area contributed by atoms with E-state index in [2.05, 4.69) is 6.07 Å². The van der Waals surface area contributed by atoms with Crippen LogP contribution in [-0.4, -0.2) is 0 Å². The van der Waals surface area contributed by atoms with E-state index < -0.39 is 5.41 Å². The van der Waals surface area contributed by atoms with Gasteiger partial charge in [0.15, 0.2) is 0 Å². The Hall–Kier alpha value is -2.79. The van der Waals surface area contributed by atoms with Crippen LogP contribution in [0.4, 0.5) is 0 Å². The highest BCUT2D eigenvalue weighted by Crippen LogP contribution is 2.44. The van der Waals surface area contributed by atoms with Gasteiger partial charge in [0.1, 0.15) is 0 Å². The number of nitrogens with two attached hydrogens (primary N) is 1. The van der Waals surface area contributed by atoms with Crippen molar-refractivity contribution >= 4 is 0 Å². The molecular weight excluding hydrogens is 244 g/mol. The average molecular weight is 258 g/mol. The van der Waals surface area contributed by atoms with Crippen molar-refractivity contribution in [2.24, 2.45) is 5.73 Å². The maximum absolute atomic E-state index is 9.57. The summed E-state index contributed by atoms with van der Waals surface area (Å²) < 4.78 is 0. The van der Waals surface area contributed by atoms with Crippen molar-refractivity contribution in [2.45, 2.75) is 5.41 Å². The third kappa shape index (κ3) is 1.64. The molecule has 2 nitrogen and oxygen atoms in total. The molecule has 0 atom stereocenters. The Bertz CT molecular complexity index is 680. The third-order valence-corrected chi connectivity index (χ3v) is 3.77. The number of hydrogen-bond donors (Lipinski definition) is 1. The van der Waals surface area contributed by atoms with Crippen LogP contribution < -0.4 is 5.73 Å². The van der Waals surface area contributed by atoms with Crippen LogP contribution in [0.25, 0.3) is 0 Å². The van der Waals surface area contributed by atoms with Gasteiger partial charge < -0.3 is 5.73 Å². The van der Waals surface area contributed by atoms with Gasteiger partial charge in [-0.2, -0.15) is 5.26 Å². The molecule has 0 bridgehead atoms. The molecular formula is C18H14N2. The molecule has 1 aliphatic carbocycles. The van der Waals surface area contributed by atoms with Gasteiger partial charge in [-0.3, -0.25) is 0 Å². The van der Waals surface area contributed by atoms with Crippen LogP contribution in [0.15, 0.2) is 84.1 Å². The predicted molar refractivity (Wildman–Crippen MR) is 79.6 cm³/mol. The van der Waals surface area contributed by atoms with Crippen molar-refractivity contribution in [2.75, 3.05) is 0 Å². The van der Waals surface area contributed by atoms with E-state index >= 15 is 0 Å². The van der Waals surface area contributed by atoms with E-state index in [1.165, 1.54) is 0 Å². The highest BCUT2D eigenvalue weighted by molar-refractivity contribution is 5.64. The summed E-state index contributed by atoms with van der Waals surface area (Å²) in [7, 11) is 0. The summed E-state index contributed by atoms with van der Waals surface area (Å²) in [6.45, 7) is 0. The molecule has 1 aliphatic rings. The molecule has 2 aromatic rings. The van der Waals surface area contributed by atoms with Gasteiger partial charge in [0.2, 0.25) is 0 Å². The summed E-state index contributed by atoms with van der Waals surface area (Å²) in [5, 5.41) is 9.57. The van der Waals surface area contributed by atoms with Crippen LogP contribution in [-0.2, 0) is 5.41 Å². The minimum atomic E-state index is -0.568. The lowest BCUT2D eigenvalue weighted by atomic mass is 9.71. The standard InChI is InChI=1S/C18H14N2/c19-13-16-17(20)11-12-18(16,14-7-3-1-4-8-14)15-9-5-2-6-10-15/h1-12H,20H2. The number of nitriles is 1. The summed E-state index contributed by atoms with van der Waals surface area (Å²) in [5.74, 6) is 0. The van der Waals surface area contributed by atoms with Gasteiger partial charge in [-0.1, -0.05) is 66.7 Å². The lowest BCUT2D eigenvalue weighted by Gasteiger charge is -2.29. The second-order valence-electron chi connectivity index (χ2n) is 4.82. The number of rotatable bonds is 2. The Morgan fingerprint density at radius 2 is 1.35 bits per heavy atom. The summed E-state index contributed by atoms with van der Waals surface area (Å²) in [4.78, 5) is 0. The second kappa shape index (κ2) is 4.71. The molecule has 0 saturated carbocycles. The van der Waals surface area contributed by atoms with Crippen molar-refractivity contribution in [3.05, 3.63) is 95.2 Å². The molecule has 0 saturated heterocycles. The van der Waals surface area contributed by atoms with E-state index in [1.54, 1.807) is 0 Å². The SMILES string of the molecule is N#CC1=C(N)C=CC1(c1ccccc1)c1ccccc1. The smallest absolute Gasteiger partial charge is 0.0985 e. The van der Waals surface area contributed by atoms with Crippen molar-refractivity contribution in [3.8, 4) is 6.07 Å². The molecule has 0 aromatic heterocycles. The highest BCUT2D eigenvalue weighted by Gasteiger charge is 2.40. The Kier molecular flexibility index (Phi) is 2.89. The van der Waals surface area contributed by atoms with Gasteiger partial charge in [0.25, 0.3) is 0 Å². The maximum Gasteiger partial charge on any atom is 0.0985 e. The van der Waals surface area contributed by atoms with Crippen molar-refractivity contribution in [1.29, 1.82) is 5.26 Å². The largest absolute Gasteiger partial charge is 0.398 e. The average Bonchev–Trinajstić information content (AvgIpc) is 2.86. The molecule has 0 spiro atoms. The number of allylic oxidation sites excluding steroid dienone is 3. The molecule has 96 valence electrons. The fourth-order valence-electron chi connectivity index (χ4n) is 2.81. The van der Waals surface area contributed by atoms with Crippen LogP contribution in [0.3, 0.4) is 0 Å². The molecule has 0 fully saturated rings. The van der Waals surface area contributed by atoms with Crippen molar-refractivity contribution in [1.82, 2.24) is 0 Å². The normalized spacial score (nSPS) is 16.1. The zero-order valence-corrected chi connectivity index (χ0v) is 11.0. The van der Waals surface area contributed by atoms with Gasteiger partial charge in [-0.05, 0) is 17.2 Å². The molecule has 3 rings (SSSR count). The fourth-order valence-corrected chi connectivity index (χ4v) is 2.81. The first kappa shape index (κ1) is 12.3. The van der Waals surface area contributed by atoms with Gasteiger partial charge in [-0.25, -0.2) is 0 Å². The van der Waals surface area contributed by atoms with Gasteiger partial charge in [0.05, 0.1) is 17.1 Å². The number of benzene rings is 2. The third-order valence-electron chi connectivity index (χ3n) is 3.77. The molecule has 2 heteroatoms. The van der Waals surface area contributed by atoms with E-state index in [0.717, 1.165) is 11.1 Å². The summed E-state index contributed by atoms with van der Waals surface area (Å²) >= 11 is 0. The van der Waals surface area contributed by atoms with Crippen LogP contribution in [0.5, 0.6) is 0 Å². The van der Waals surface area contributed by atoms with Crippen LogP contribution in [0.1, 0.15) is 11.1 Å². The quantitative estimate of drug-likeness (QED) is 0.898. The molecule has 2 aromatic carbocycles. The van der Waals surface area contributed by atoms with E-state index in [4.69, 9.17) is 5.73 Å². The lowest BCUT2D eigenvalue weighted by Crippen LogP contribution is -2.26. The van der Waals surface area contributed by atoms with E-state index in [9.17, 15) is 5.26 Å². The number of nitrogens with zero attached hydrogens (tertiary/aromatic N) is 1. The van der Waals surface area contributed by atoms with Gasteiger partial charge in [-0.15, -0.1) is 0 Å². The molecule has 0 unspecified atom stereocenters. The topological polar surface area (TPSA) is 49.8 Å². The molecule has 0 heterocycles. The monoisotopic (exact) mass is 258 g/mol. The Balaban J connectivity index is 2.32. The summed E-state index contributed by atoms with van der Waals surface area (Å²) in [6.07, 6.45) is 3.85. The number of hydrogen-bond acceptors (Lipinski definition) is 2. The first-order valence-corrected chi connectivity index (χ1v) is 6.49. The Labute approximate surface area is 118 Å². The predicted octanol–water partition coefficient (Wildman–Crippen LogP) is 3.28. The minimum absolute atomic E-state index is 0.542. The Morgan fingerprint density at radius 1 is 0.850 bits per heavy atom. The highest BCUT2D eigenvalue weighted by atomic mass is 14.6.